The minimum Gasteiger partial charge on any atom is -0.310 e. The number of rotatable bonds is 5. The van der Waals surface area contributed by atoms with Crippen molar-refractivity contribution in [2.24, 2.45) is 5.41 Å². The van der Waals surface area contributed by atoms with E-state index in [9.17, 15) is 0 Å². The van der Waals surface area contributed by atoms with Crippen molar-refractivity contribution < 1.29 is 0 Å². The Balaban J connectivity index is 1.92. The lowest BCUT2D eigenvalue weighted by molar-refractivity contribution is 0.433. The molecule has 1 aliphatic carbocycles. The summed E-state index contributed by atoms with van der Waals surface area (Å²) in [7, 11) is 0. The lowest BCUT2D eigenvalue weighted by Gasteiger charge is -2.19. The van der Waals surface area contributed by atoms with E-state index in [1.165, 1.54) is 12.8 Å². The summed E-state index contributed by atoms with van der Waals surface area (Å²) < 4.78 is 0. The van der Waals surface area contributed by atoms with Crippen LogP contribution in [-0.2, 0) is 0 Å². The average molecular weight is 249 g/mol. The van der Waals surface area contributed by atoms with Gasteiger partial charge in [0, 0.05) is 24.0 Å². The van der Waals surface area contributed by atoms with E-state index in [2.05, 4.69) is 18.3 Å². The van der Waals surface area contributed by atoms with E-state index in [0.717, 1.165) is 17.1 Å². The molecule has 1 N–H and O–H groups in total. The van der Waals surface area contributed by atoms with Gasteiger partial charge in [0.1, 0.15) is 0 Å². The van der Waals surface area contributed by atoms with Crippen molar-refractivity contribution in [2.75, 3.05) is 6.54 Å². The van der Waals surface area contributed by atoms with Crippen molar-refractivity contribution in [2.45, 2.75) is 32.2 Å². The first kappa shape index (κ1) is 12.4. The summed E-state index contributed by atoms with van der Waals surface area (Å²) in [6, 6.07) is 10.4. The molecule has 1 aromatic carbocycles. The molecule has 17 heavy (non-hydrogen) atoms. The van der Waals surface area contributed by atoms with Gasteiger partial charge < -0.3 is 5.32 Å². The number of nitrogens with one attached hydrogen (secondary N) is 1. The summed E-state index contributed by atoms with van der Waals surface area (Å²) in [6.07, 6.45) is 3.00. The molecule has 0 radical (unpaired) electrons. The maximum absolute atomic E-state index is 8.77. The highest BCUT2D eigenvalue weighted by atomic mass is 35.5. The lowest BCUT2D eigenvalue weighted by atomic mass is 10.0. The van der Waals surface area contributed by atoms with Crippen molar-refractivity contribution >= 4 is 11.6 Å². The minimum absolute atomic E-state index is 0.236. The first-order valence-electron chi connectivity index (χ1n) is 6.02. The van der Waals surface area contributed by atoms with Crippen LogP contribution in [0, 0.1) is 16.7 Å². The van der Waals surface area contributed by atoms with Gasteiger partial charge in [0.25, 0.3) is 0 Å². The smallest absolute Gasteiger partial charge is 0.0628 e. The van der Waals surface area contributed by atoms with Crippen LogP contribution in [0.25, 0.3) is 0 Å². The van der Waals surface area contributed by atoms with E-state index in [1.807, 2.05) is 24.3 Å². The number of halogens is 1. The summed E-state index contributed by atoms with van der Waals surface area (Å²) in [6.45, 7) is 3.02. The molecule has 0 heterocycles. The van der Waals surface area contributed by atoms with Crippen LogP contribution < -0.4 is 5.32 Å². The van der Waals surface area contributed by atoms with E-state index in [4.69, 9.17) is 16.9 Å². The predicted octanol–water partition coefficient (Wildman–Crippen LogP) is 3.68. The molecule has 0 aliphatic heterocycles. The normalized spacial score (nSPS) is 18.4. The van der Waals surface area contributed by atoms with Crippen LogP contribution in [0.15, 0.2) is 24.3 Å². The quantitative estimate of drug-likeness (QED) is 0.863. The van der Waals surface area contributed by atoms with Gasteiger partial charge in [-0.1, -0.05) is 29.8 Å². The van der Waals surface area contributed by atoms with Crippen LogP contribution in [0.1, 0.15) is 37.8 Å². The molecule has 2 rings (SSSR count). The third kappa shape index (κ3) is 3.00. The van der Waals surface area contributed by atoms with Gasteiger partial charge in [0.2, 0.25) is 0 Å². The second-order valence-corrected chi connectivity index (χ2v) is 5.37. The summed E-state index contributed by atoms with van der Waals surface area (Å²) in [5.41, 5.74) is 1.37. The van der Waals surface area contributed by atoms with Crippen molar-refractivity contribution in [3.05, 3.63) is 34.9 Å². The molecule has 90 valence electrons. The van der Waals surface area contributed by atoms with Crippen molar-refractivity contribution in [1.29, 1.82) is 5.26 Å². The van der Waals surface area contributed by atoms with Crippen LogP contribution in [0.3, 0.4) is 0 Å². The highest BCUT2D eigenvalue weighted by Crippen LogP contribution is 2.48. The molecule has 0 spiro atoms. The lowest BCUT2D eigenvalue weighted by Crippen LogP contribution is -2.26. The molecule has 0 unspecified atom stereocenters. The zero-order valence-corrected chi connectivity index (χ0v) is 10.8. The number of hydrogen-bond donors (Lipinski definition) is 1. The fraction of sp³-hybridized carbons (Fsp3) is 0.500. The van der Waals surface area contributed by atoms with E-state index in [1.54, 1.807) is 0 Å². The monoisotopic (exact) mass is 248 g/mol. The molecule has 3 heteroatoms. The molecule has 1 fully saturated rings. The second kappa shape index (κ2) is 5.08. The maximum atomic E-state index is 8.77. The molecule has 0 aromatic heterocycles. The Labute approximate surface area is 108 Å². The third-order valence-corrected chi connectivity index (χ3v) is 3.91. The van der Waals surface area contributed by atoms with Crippen molar-refractivity contribution in [1.82, 2.24) is 5.32 Å². The van der Waals surface area contributed by atoms with Gasteiger partial charge in [-0.05, 0) is 36.8 Å². The van der Waals surface area contributed by atoms with Crippen LogP contribution in [0.4, 0.5) is 0 Å². The highest BCUT2D eigenvalue weighted by Gasteiger charge is 2.42. The summed E-state index contributed by atoms with van der Waals surface area (Å²) in [5, 5.41) is 13.1. The van der Waals surface area contributed by atoms with Gasteiger partial charge in [-0.2, -0.15) is 5.26 Å². The van der Waals surface area contributed by atoms with Crippen LogP contribution in [0.2, 0.25) is 5.02 Å². The van der Waals surface area contributed by atoms with Gasteiger partial charge in [-0.3, -0.25) is 0 Å². The molecular formula is C14H17ClN2. The van der Waals surface area contributed by atoms with Crippen molar-refractivity contribution in [3.63, 3.8) is 0 Å². The fourth-order valence-corrected chi connectivity index (χ4v) is 2.37. The van der Waals surface area contributed by atoms with Crippen molar-refractivity contribution in [3.8, 4) is 6.07 Å². The maximum Gasteiger partial charge on any atom is 0.0628 e. The summed E-state index contributed by atoms with van der Waals surface area (Å²) in [5.74, 6) is 0. The molecule has 0 amide bonds. The van der Waals surface area contributed by atoms with E-state index in [0.29, 0.717) is 6.42 Å². The standard InChI is InChI=1S/C14H17ClN2/c1-11(12-4-2-3-5-13(12)15)17-10-14(6-7-14)8-9-16/h2-5,11,17H,6-8,10H2,1H3/t11-/m1/s1. The number of benzene rings is 1. The molecule has 2 nitrogen and oxygen atoms in total. The Bertz CT molecular complexity index is 432. The Kier molecular flexibility index (Phi) is 3.71. The number of nitriles is 1. The minimum atomic E-state index is 0.236. The molecular weight excluding hydrogens is 232 g/mol. The second-order valence-electron chi connectivity index (χ2n) is 4.96. The Morgan fingerprint density at radius 3 is 2.76 bits per heavy atom. The van der Waals surface area contributed by atoms with Gasteiger partial charge >= 0.3 is 0 Å². The van der Waals surface area contributed by atoms with Crippen LogP contribution in [-0.4, -0.2) is 6.54 Å². The Morgan fingerprint density at radius 2 is 2.18 bits per heavy atom. The topological polar surface area (TPSA) is 35.8 Å². The SMILES string of the molecule is C[C@@H](NCC1(CC#N)CC1)c1ccccc1Cl. The Morgan fingerprint density at radius 1 is 1.47 bits per heavy atom. The highest BCUT2D eigenvalue weighted by molar-refractivity contribution is 6.31. The van der Waals surface area contributed by atoms with Crippen LogP contribution >= 0.6 is 11.6 Å². The molecule has 0 saturated heterocycles. The fourth-order valence-electron chi connectivity index (χ4n) is 2.07. The largest absolute Gasteiger partial charge is 0.310 e. The zero-order chi connectivity index (χ0) is 12.3. The van der Waals surface area contributed by atoms with E-state index < -0.39 is 0 Å². The average Bonchev–Trinajstić information content (AvgIpc) is 3.08. The first-order valence-corrected chi connectivity index (χ1v) is 6.39. The first-order chi connectivity index (χ1) is 8.17. The molecule has 1 aliphatic rings. The van der Waals surface area contributed by atoms with E-state index in [-0.39, 0.29) is 11.5 Å². The zero-order valence-electron chi connectivity index (χ0n) is 10.0. The summed E-state index contributed by atoms with van der Waals surface area (Å²) in [4.78, 5) is 0. The van der Waals surface area contributed by atoms with E-state index >= 15 is 0 Å². The Hall–Kier alpha value is -1.04. The molecule has 1 saturated carbocycles. The number of hydrogen-bond acceptors (Lipinski definition) is 2. The predicted molar refractivity (Wildman–Crippen MR) is 69.8 cm³/mol. The van der Waals surface area contributed by atoms with Gasteiger partial charge in [0.15, 0.2) is 0 Å². The summed E-state index contributed by atoms with van der Waals surface area (Å²) >= 11 is 6.15. The third-order valence-electron chi connectivity index (χ3n) is 3.57. The molecule has 1 atom stereocenters. The molecule has 1 aromatic rings. The van der Waals surface area contributed by atoms with Gasteiger partial charge in [0.05, 0.1) is 6.07 Å². The molecule has 0 bridgehead atoms. The van der Waals surface area contributed by atoms with Gasteiger partial charge in [-0.15, -0.1) is 0 Å². The van der Waals surface area contributed by atoms with Crippen LogP contribution in [0.5, 0.6) is 0 Å². The van der Waals surface area contributed by atoms with Gasteiger partial charge in [-0.25, -0.2) is 0 Å². The number of nitrogens with zero attached hydrogens (tertiary/aromatic N) is 1.